The Balaban J connectivity index is 2.03. The predicted octanol–water partition coefficient (Wildman–Crippen LogP) is 3.99. The number of carbonyl (C=O) groups excluding carboxylic acids is 2. The highest BCUT2D eigenvalue weighted by Gasteiger charge is 2.21. The summed E-state index contributed by atoms with van der Waals surface area (Å²) in [4.78, 5) is 29.4. The molecule has 0 unspecified atom stereocenters. The van der Waals surface area contributed by atoms with E-state index in [0.717, 1.165) is 5.69 Å². The van der Waals surface area contributed by atoms with E-state index in [1.807, 2.05) is 30.3 Å². The molecule has 1 N–H and O–H groups in total. The van der Waals surface area contributed by atoms with E-state index in [4.69, 9.17) is 9.47 Å². The van der Waals surface area contributed by atoms with E-state index >= 15 is 0 Å². The van der Waals surface area contributed by atoms with Crippen LogP contribution in [0.2, 0.25) is 0 Å². The van der Waals surface area contributed by atoms with Gasteiger partial charge in [-0.3, -0.25) is 9.36 Å². The molecule has 0 radical (unpaired) electrons. The lowest BCUT2D eigenvalue weighted by molar-refractivity contribution is -0.137. The number of methoxy groups -OCH3 is 1. The number of imidazole rings is 1. The van der Waals surface area contributed by atoms with Crippen LogP contribution >= 0.6 is 0 Å². The van der Waals surface area contributed by atoms with Gasteiger partial charge in [0, 0.05) is 23.0 Å². The van der Waals surface area contributed by atoms with E-state index in [1.165, 1.54) is 6.08 Å². The van der Waals surface area contributed by atoms with Gasteiger partial charge in [-0.25, -0.2) is 9.78 Å². The topological polar surface area (TPSA) is 82.4 Å². The first-order valence-electron chi connectivity index (χ1n) is 9.47. The maximum Gasteiger partial charge on any atom is 0.332 e. The van der Waals surface area contributed by atoms with Gasteiger partial charge in [-0.15, -0.1) is 0 Å². The third-order valence-corrected chi connectivity index (χ3v) is 4.31. The number of carbonyl (C=O) groups is 2. The van der Waals surface area contributed by atoms with Crippen molar-refractivity contribution in [2.45, 2.75) is 13.8 Å². The first-order valence-corrected chi connectivity index (χ1v) is 9.47. The van der Waals surface area contributed by atoms with Crippen LogP contribution in [0.5, 0.6) is 5.75 Å². The Bertz CT molecular complexity index is 1050. The molecule has 0 spiro atoms. The van der Waals surface area contributed by atoms with Crippen LogP contribution in [0.1, 0.15) is 29.9 Å². The average molecular weight is 405 g/mol. The van der Waals surface area contributed by atoms with Crippen LogP contribution in [-0.2, 0) is 9.53 Å². The van der Waals surface area contributed by atoms with Crippen molar-refractivity contribution in [1.82, 2.24) is 9.55 Å². The van der Waals surface area contributed by atoms with Crippen LogP contribution in [0.15, 0.2) is 72.7 Å². The average Bonchev–Trinajstić information content (AvgIpc) is 3.17. The van der Waals surface area contributed by atoms with Gasteiger partial charge in [-0.05, 0) is 38.1 Å². The SMILES string of the molecule is CCOC(=O)C=C(C)Nc1ncn(-c2ccc(OC)cc2)c1C(=O)c1ccccc1. The van der Waals surface area contributed by atoms with Crippen LogP contribution in [0.3, 0.4) is 0 Å². The van der Waals surface area contributed by atoms with E-state index in [1.54, 1.807) is 56.1 Å². The van der Waals surface area contributed by atoms with Gasteiger partial charge in [0.1, 0.15) is 17.8 Å². The van der Waals surface area contributed by atoms with Gasteiger partial charge in [0.2, 0.25) is 5.78 Å². The van der Waals surface area contributed by atoms with E-state index in [-0.39, 0.29) is 12.4 Å². The zero-order valence-corrected chi connectivity index (χ0v) is 17.1. The number of hydrogen-bond acceptors (Lipinski definition) is 6. The highest BCUT2D eigenvalue weighted by Crippen LogP contribution is 2.24. The molecule has 3 aromatic rings. The monoisotopic (exact) mass is 405 g/mol. The summed E-state index contributed by atoms with van der Waals surface area (Å²) in [6.45, 7) is 3.73. The molecule has 0 atom stereocenters. The molecule has 0 bridgehead atoms. The molecule has 0 aliphatic rings. The first-order chi connectivity index (χ1) is 14.5. The minimum Gasteiger partial charge on any atom is -0.497 e. The molecule has 0 saturated carbocycles. The van der Waals surface area contributed by atoms with Crippen molar-refractivity contribution in [1.29, 1.82) is 0 Å². The molecule has 0 amide bonds. The van der Waals surface area contributed by atoms with Crippen molar-refractivity contribution in [3.8, 4) is 11.4 Å². The highest BCUT2D eigenvalue weighted by molar-refractivity contribution is 6.11. The van der Waals surface area contributed by atoms with Gasteiger partial charge in [-0.1, -0.05) is 30.3 Å². The number of ketones is 1. The fourth-order valence-electron chi connectivity index (χ4n) is 2.91. The Morgan fingerprint density at radius 1 is 1.10 bits per heavy atom. The molecule has 2 aromatic carbocycles. The van der Waals surface area contributed by atoms with Crippen molar-refractivity contribution in [3.05, 3.63) is 84.0 Å². The lowest BCUT2D eigenvalue weighted by Gasteiger charge is -2.11. The Morgan fingerprint density at radius 2 is 1.80 bits per heavy atom. The smallest absolute Gasteiger partial charge is 0.332 e. The summed E-state index contributed by atoms with van der Waals surface area (Å²) >= 11 is 0. The number of nitrogens with zero attached hydrogens (tertiary/aromatic N) is 2. The first kappa shape index (κ1) is 20.9. The quantitative estimate of drug-likeness (QED) is 0.347. The molecule has 1 aromatic heterocycles. The number of anilines is 1. The normalized spacial score (nSPS) is 11.1. The number of aromatic nitrogens is 2. The maximum absolute atomic E-state index is 13.3. The molecule has 7 nitrogen and oxygen atoms in total. The summed E-state index contributed by atoms with van der Waals surface area (Å²) in [5.74, 6) is 0.391. The lowest BCUT2D eigenvalue weighted by atomic mass is 10.1. The Labute approximate surface area is 175 Å². The largest absolute Gasteiger partial charge is 0.497 e. The van der Waals surface area contributed by atoms with Gasteiger partial charge in [0.05, 0.1) is 13.7 Å². The standard InChI is InChI=1S/C23H23N3O4/c1-4-30-20(27)14-16(2)25-23-21(22(28)17-8-6-5-7-9-17)26(15-24-23)18-10-12-19(29-3)13-11-18/h5-15,25H,4H2,1-3H3. The fourth-order valence-corrected chi connectivity index (χ4v) is 2.91. The number of hydrogen-bond donors (Lipinski definition) is 1. The predicted molar refractivity (Wildman–Crippen MR) is 114 cm³/mol. The highest BCUT2D eigenvalue weighted by atomic mass is 16.5. The molecule has 0 saturated heterocycles. The van der Waals surface area contributed by atoms with Crippen molar-refractivity contribution in [3.63, 3.8) is 0 Å². The minimum absolute atomic E-state index is 0.199. The second kappa shape index (κ2) is 9.56. The second-order valence-electron chi connectivity index (χ2n) is 6.41. The molecule has 7 heteroatoms. The maximum atomic E-state index is 13.3. The molecule has 0 aliphatic carbocycles. The Kier molecular flexibility index (Phi) is 6.64. The van der Waals surface area contributed by atoms with E-state index in [2.05, 4.69) is 10.3 Å². The van der Waals surface area contributed by atoms with Crippen LogP contribution < -0.4 is 10.1 Å². The number of rotatable bonds is 8. The lowest BCUT2D eigenvalue weighted by Crippen LogP contribution is -2.12. The van der Waals surface area contributed by atoms with E-state index in [9.17, 15) is 9.59 Å². The molecule has 0 aliphatic heterocycles. The van der Waals surface area contributed by atoms with Crippen LogP contribution in [0.4, 0.5) is 5.82 Å². The van der Waals surface area contributed by atoms with Gasteiger partial charge in [0.25, 0.3) is 0 Å². The van der Waals surface area contributed by atoms with Gasteiger partial charge in [0.15, 0.2) is 5.82 Å². The molecule has 30 heavy (non-hydrogen) atoms. The molecular formula is C23H23N3O4. The summed E-state index contributed by atoms with van der Waals surface area (Å²) < 4.78 is 11.8. The number of ether oxygens (including phenoxy) is 2. The molecule has 0 fully saturated rings. The van der Waals surface area contributed by atoms with Crippen LogP contribution in [-0.4, -0.2) is 35.0 Å². The molecule has 3 rings (SSSR count). The summed E-state index contributed by atoms with van der Waals surface area (Å²) in [5, 5.41) is 3.05. The van der Waals surface area contributed by atoms with Crippen molar-refractivity contribution >= 4 is 17.6 Å². The Hall–Kier alpha value is -3.87. The zero-order valence-electron chi connectivity index (χ0n) is 17.1. The fraction of sp³-hybridized carbons (Fsp3) is 0.174. The minimum atomic E-state index is -0.465. The third kappa shape index (κ3) is 4.75. The summed E-state index contributed by atoms with van der Waals surface area (Å²) in [6, 6.07) is 16.3. The van der Waals surface area contributed by atoms with E-state index < -0.39 is 5.97 Å². The molecule has 154 valence electrons. The van der Waals surface area contributed by atoms with Crippen molar-refractivity contribution in [2.24, 2.45) is 0 Å². The zero-order chi connectivity index (χ0) is 21.5. The van der Waals surface area contributed by atoms with Crippen molar-refractivity contribution < 1.29 is 19.1 Å². The summed E-state index contributed by atoms with van der Waals surface area (Å²) in [7, 11) is 1.59. The summed E-state index contributed by atoms with van der Waals surface area (Å²) in [5.41, 5.74) is 2.14. The second-order valence-corrected chi connectivity index (χ2v) is 6.41. The van der Waals surface area contributed by atoms with Crippen molar-refractivity contribution in [2.75, 3.05) is 19.0 Å². The van der Waals surface area contributed by atoms with Gasteiger partial charge >= 0.3 is 5.97 Å². The number of benzene rings is 2. The van der Waals surface area contributed by atoms with Gasteiger partial charge < -0.3 is 14.8 Å². The van der Waals surface area contributed by atoms with Gasteiger partial charge in [-0.2, -0.15) is 0 Å². The molecule has 1 heterocycles. The van der Waals surface area contributed by atoms with E-state index in [0.29, 0.717) is 28.5 Å². The third-order valence-electron chi connectivity index (χ3n) is 4.31. The number of esters is 1. The van der Waals surface area contributed by atoms with Crippen LogP contribution in [0.25, 0.3) is 5.69 Å². The Morgan fingerprint density at radius 3 is 2.43 bits per heavy atom. The van der Waals surface area contributed by atoms with Crippen LogP contribution in [0, 0.1) is 0 Å². The number of allylic oxidation sites excluding steroid dienone is 1. The number of nitrogens with one attached hydrogen (secondary N) is 1. The molecular weight excluding hydrogens is 382 g/mol. The summed E-state index contributed by atoms with van der Waals surface area (Å²) in [6.07, 6.45) is 2.89.